The molecule has 1 saturated carbocycles. The van der Waals surface area contributed by atoms with E-state index in [0.29, 0.717) is 18.2 Å². The van der Waals surface area contributed by atoms with E-state index in [-0.39, 0.29) is 0 Å². The molecule has 1 heterocycles. The molecule has 0 bridgehead atoms. The van der Waals surface area contributed by atoms with Crippen LogP contribution in [-0.4, -0.2) is 31.3 Å². The Labute approximate surface area is 122 Å². The Morgan fingerprint density at radius 2 is 2.05 bits per heavy atom. The van der Waals surface area contributed by atoms with Gasteiger partial charge in [0.25, 0.3) is 0 Å². The van der Waals surface area contributed by atoms with E-state index >= 15 is 0 Å². The monoisotopic (exact) mass is 286 g/mol. The van der Waals surface area contributed by atoms with E-state index in [2.05, 4.69) is 15.4 Å². The molecular weight excluding hydrogens is 268 g/mol. The van der Waals surface area contributed by atoms with E-state index in [4.69, 9.17) is 0 Å². The van der Waals surface area contributed by atoms with Gasteiger partial charge in [-0.2, -0.15) is 0 Å². The van der Waals surface area contributed by atoms with Crippen molar-refractivity contribution in [2.75, 3.05) is 0 Å². The van der Waals surface area contributed by atoms with E-state index in [9.17, 15) is 9.90 Å². The minimum Gasteiger partial charge on any atom is -0.479 e. The summed E-state index contributed by atoms with van der Waals surface area (Å²) in [4.78, 5) is 13.0. The van der Waals surface area contributed by atoms with E-state index in [1.807, 2.05) is 31.2 Å². The minimum absolute atomic E-state index is 0.322. The van der Waals surface area contributed by atoms with E-state index in [0.717, 1.165) is 24.0 Å². The largest absolute Gasteiger partial charge is 0.479 e. The van der Waals surface area contributed by atoms with Crippen molar-refractivity contribution >= 4 is 5.97 Å². The van der Waals surface area contributed by atoms with Crippen molar-refractivity contribution in [1.82, 2.24) is 20.2 Å². The molecule has 21 heavy (non-hydrogen) atoms. The highest BCUT2D eigenvalue weighted by molar-refractivity contribution is 5.76. The smallest absolute Gasteiger partial charge is 0.333 e. The third-order valence-electron chi connectivity index (χ3n) is 3.94. The second-order valence-corrected chi connectivity index (χ2v) is 5.95. The number of hydrogen-bond donors (Lipinski definition) is 1. The maximum absolute atomic E-state index is 11.8. The van der Waals surface area contributed by atoms with Crippen LogP contribution in [-0.2, 0) is 16.8 Å². The Kier molecular flexibility index (Phi) is 3.23. The summed E-state index contributed by atoms with van der Waals surface area (Å²) in [6.45, 7) is 3.63. The Balaban J connectivity index is 1.90. The number of aryl methyl sites for hydroxylation is 1. The van der Waals surface area contributed by atoms with Crippen molar-refractivity contribution in [3.63, 3.8) is 0 Å². The molecule has 1 unspecified atom stereocenters. The molecule has 1 N–H and O–H groups in total. The fraction of sp³-hybridized carbons (Fsp3) is 0.467. The first-order valence-corrected chi connectivity index (χ1v) is 7.08. The van der Waals surface area contributed by atoms with Gasteiger partial charge < -0.3 is 5.11 Å². The van der Waals surface area contributed by atoms with Crippen molar-refractivity contribution < 1.29 is 9.90 Å². The third kappa shape index (κ3) is 2.66. The molecule has 2 aromatic rings. The number of carboxylic acids is 1. The second-order valence-electron chi connectivity index (χ2n) is 5.95. The normalized spacial score (nSPS) is 17.4. The van der Waals surface area contributed by atoms with E-state index < -0.39 is 11.5 Å². The predicted octanol–water partition coefficient (Wildman–Crippen LogP) is 1.90. The summed E-state index contributed by atoms with van der Waals surface area (Å²) in [7, 11) is 0. The molecule has 1 aromatic heterocycles. The SMILES string of the molecule is Cc1ccc(CC(C)(C(=O)O)n2nnc(C3CC3)n2)cc1. The van der Waals surface area contributed by atoms with Gasteiger partial charge in [-0.25, -0.2) is 4.79 Å². The molecule has 6 nitrogen and oxygen atoms in total. The number of benzene rings is 1. The van der Waals surface area contributed by atoms with Crippen LogP contribution in [0.3, 0.4) is 0 Å². The van der Waals surface area contributed by atoms with Gasteiger partial charge in [-0.1, -0.05) is 29.8 Å². The van der Waals surface area contributed by atoms with E-state index in [1.165, 1.54) is 4.80 Å². The summed E-state index contributed by atoms with van der Waals surface area (Å²) in [6.07, 6.45) is 2.45. The van der Waals surface area contributed by atoms with Crippen LogP contribution >= 0.6 is 0 Å². The third-order valence-corrected chi connectivity index (χ3v) is 3.94. The van der Waals surface area contributed by atoms with Crippen LogP contribution < -0.4 is 0 Å². The molecule has 0 amide bonds. The van der Waals surface area contributed by atoms with Crippen LogP contribution in [0.5, 0.6) is 0 Å². The molecule has 0 aliphatic heterocycles. The molecule has 1 aliphatic rings. The van der Waals surface area contributed by atoms with Gasteiger partial charge in [0.1, 0.15) is 0 Å². The van der Waals surface area contributed by atoms with Gasteiger partial charge >= 0.3 is 5.97 Å². The van der Waals surface area contributed by atoms with Gasteiger partial charge in [-0.05, 0) is 37.5 Å². The van der Waals surface area contributed by atoms with Crippen LogP contribution in [0, 0.1) is 6.92 Å². The summed E-state index contributed by atoms with van der Waals surface area (Å²) < 4.78 is 0. The van der Waals surface area contributed by atoms with Crippen LogP contribution in [0.4, 0.5) is 0 Å². The maximum Gasteiger partial charge on any atom is 0.333 e. The van der Waals surface area contributed by atoms with Crippen molar-refractivity contribution in [1.29, 1.82) is 0 Å². The van der Waals surface area contributed by atoms with Crippen molar-refractivity contribution in [2.45, 2.75) is 44.6 Å². The Morgan fingerprint density at radius 1 is 1.38 bits per heavy atom. The summed E-state index contributed by atoms with van der Waals surface area (Å²) in [5.74, 6) is 0.0605. The first-order chi connectivity index (χ1) is 9.99. The molecule has 6 heteroatoms. The Morgan fingerprint density at radius 3 is 2.62 bits per heavy atom. The van der Waals surface area contributed by atoms with Gasteiger partial charge in [0.15, 0.2) is 11.4 Å². The highest BCUT2D eigenvalue weighted by atomic mass is 16.4. The van der Waals surface area contributed by atoms with Crippen LogP contribution in [0.1, 0.15) is 42.6 Å². The minimum atomic E-state index is -1.23. The molecule has 110 valence electrons. The number of rotatable bonds is 5. The molecule has 1 aliphatic carbocycles. The van der Waals surface area contributed by atoms with Crippen LogP contribution in [0.15, 0.2) is 24.3 Å². The number of carbonyl (C=O) groups is 1. The fourth-order valence-corrected chi connectivity index (χ4v) is 2.27. The summed E-state index contributed by atoms with van der Waals surface area (Å²) >= 11 is 0. The van der Waals surface area contributed by atoms with Crippen molar-refractivity contribution in [3.05, 3.63) is 41.2 Å². The van der Waals surface area contributed by atoms with Gasteiger partial charge in [0, 0.05) is 12.3 Å². The first kappa shape index (κ1) is 13.7. The molecular formula is C15H18N4O2. The topological polar surface area (TPSA) is 80.9 Å². The zero-order chi connectivity index (χ0) is 15.0. The average Bonchev–Trinajstić information content (AvgIpc) is 3.18. The lowest BCUT2D eigenvalue weighted by molar-refractivity contribution is -0.147. The number of carboxylic acid groups (broad SMARTS) is 1. The van der Waals surface area contributed by atoms with Crippen LogP contribution in [0.2, 0.25) is 0 Å². The Hall–Kier alpha value is -2.24. The lowest BCUT2D eigenvalue weighted by Crippen LogP contribution is -2.42. The van der Waals surface area contributed by atoms with Crippen molar-refractivity contribution in [3.8, 4) is 0 Å². The lowest BCUT2D eigenvalue weighted by Gasteiger charge is -2.23. The molecule has 1 atom stereocenters. The van der Waals surface area contributed by atoms with E-state index in [1.54, 1.807) is 6.92 Å². The second kappa shape index (κ2) is 4.95. The standard InChI is InChI=1S/C15H18N4O2/c1-10-3-5-11(6-4-10)9-15(2,14(20)21)19-17-13(16-18-19)12-7-8-12/h3-6,12H,7-9H2,1-2H3,(H,20,21). The first-order valence-electron chi connectivity index (χ1n) is 7.08. The highest BCUT2D eigenvalue weighted by Gasteiger charge is 2.39. The van der Waals surface area contributed by atoms with Crippen molar-refractivity contribution in [2.24, 2.45) is 0 Å². The maximum atomic E-state index is 11.8. The fourth-order valence-electron chi connectivity index (χ4n) is 2.27. The number of aromatic nitrogens is 4. The lowest BCUT2D eigenvalue weighted by atomic mass is 9.93. The van der Waals surface area contributed by atoms with Gasteiger partial charge in [0.2, 0.25) is 0 Å². The van der Waals surface area contributed by atoms with Crippen LogP contribution in [0.25, 0.3) is 0 Å². The molecule has 1 aromatic carbocycles. The van der Waals surface area contributed by atoms with Gasteiger partial charge in [0.05, 0.1) is 0 Å². The molecule has 3 rings (SSSR count). The molecule has 0 radical (unpaired) electrons. The molecule has 0 saturated heterocycles. The predicted molar refractivity (Wildman–Crippen MR) is 76.0 cm³/mol. The Bertz CT molecular complexity index is 661. The number of nitrogens with zero attached hydrogens (tertiary/aromatic N) is 4. The van der Waals surface area contributed by atoms with Gasteiger partial charge in [-0.15, -0.1) is 15.0 Å². The number of aliphatic carboxylic acids is 1. The number of tetrazole rings is 1. The quantitative estimate of drug-likeness (QED) is 0.908. The zero-order valence-electron chi connectivity index (χ0n) is 12.2. The summed E-state index contributed by atoms with van der Waals surface area (Å²) in [5.41, 5.74) is 0.858. The summed E-state index contributed by atoms with van der Waals surface area (Å²) in [5, 5.41) is 21.9. The molecule has 1 fully saturated rings. The molecule has 0 spiro atoms. The highest BCUT2D eigenvalue weighted by Crippen LogP contribution is 2.37. The average molecular weight is 286 g/mol. The summed E-state index contributed by atoms with van der Waals surface area (Å²) in [6, 6.07) is 7.83. The van der Waals surface area contributed by atoms with Gasteiger partial charge in [-0.3, -0.25) is 0 Å². The zero-order valence-corrected chi connectivity index (χ0v) is 12.2. The number of hydrogen-bond acceptors (Lipinski definition) is 4.